The number of ether oxygens (including phenoxy) is 1. The number of phenolic OH excluding ortho intramolecular Hbond substituents is 1. The maximum atomic E-state index is 12.5. The summed E-state index contributed by atoms with van der Waals surface area (Å²) >= 11 is 0. The van der Waals surface area contributed by atoms with Crippen molar-refractivity contribution in [2.75, 3.05) is 14.1 Å². The van der Waals surface area contributed by atoms with Gasteiger partial charge in [-0.3, -0.25) is 4.79 Å². The van der Waals surface area contributed by atoms with Crippen molar-refractivity contribution in [3.63, 3.8) is 0 Å². The van der Waals surface area contributed by atoms with Gasteiger partial charge < -0.3 is 14.7 Å². The molecule has 0 aliphatic carbocycles. The van der Waals surface area contributed by atoms with E-state index < -0.39 is 0 Å². The van der Waals surface area contributed by atoms with Gasteiger partial charge in [-0.1, -0.05) is 29.8 Å². The van der Waals surface area contributed by atoms with E-state index in [1.165, 1.54) is 0 Å². The molecular formula is C19H19NO3. The van der Waals surface area contributed by atoms with Crippen molar-refractivity contribution in [3.05, 3.63) is 64.4 Å². The lowest BCUT2D eigenvalue weighted by molar-refractivity contribution is 0.101. The molecular weight excluding hydrogens is 290 g/mol. The molecule has 0 aromatic heterocycles. The van der Waals surface area contributed by atoms with Crippen LogP contribution in [0.15, 0.2) is 42.2 Å². The third-order valence-electron chi connectivity index (χ3n) is 3.73. The van der Waals surface area contributed by atoms with Crippen molar-refractivity contribution in [1.82, 2.24) is 4.90 Å². The van der Waals surface area contributed by atoms with Crippen molar-refractivity contribution >= 4 is 11.9 Å². The first kappa shape index (κ1) is 15.3. The van der Waals surface area contributed by atoms with Gasteiger partial charge in [-0.05, 0) is 44.8 Å². The molecule has 1 heterocycles. The Labute approximate surface area is 135 Å². The normalized spacial score (nSPS) is 15.1. The molecule has 1 aliphatic rings. The monoisotopic (exact) mass is 309 g/mol. The predicted octanol–water partition coefficient (Wildman–Crippen LogP) is 3.38. The SMILES string of the molecule is Cc1cccc(/C=C2\Oc3c(ccc(O)c3CN(C)C)C2=O)c1. The maximum absolute atomic E-state index is 12.5. The molecule has 1 aliphatic heterocycles. The number of phenols is 1. The molecule has 4 nitrogen and oxygen atoms in total. The van der Waals surface area contributed by atoms with Crippen molar-refractivity contribution < 1.29 is 14.6 Å². The van der Waals surface area contributed by atoms with E-state index in [2.05, 4.69) is 0 Å². The van der Waals surface area contributed by atoms with Crippen molar-refractivity contribution in [1.29, 1.82) is 0 Å². The molecule has 23 heavy (non-hydrogen) atoms. The zero-order valence-corrected chi connectivity index (χ0v) is 13.5. The number of nitrogens with zero attached hydrogens (tertiary/aromatic N) is 1. The molecule has 3 rings (SSSR count). The third-order valence-corrected chi connectivity index (χ3v) is 3.73. The largest absolute Gasteiger partial charge is 0.507 e. The predicted molar refractivity (Wildman–Crippen MR) is 89.6 cm³/mol. The number of hydrogen-bond acceptors (Lipinski definition) is 4. The topological polar surface area (TPSA) is 49.8 Å². The zero-order chi connectivity index (χ0) is 16.6. The van der Waals surface area contributed by atoms with Crippen LogP contribution in [-0.2, 0) is 6.54 Å². The lowest BCUT2D eigenvalue weighted by Crippen LogP contribution is -2.11. The highest BCUT2D eigenvalue weighted by atomic mass is 16.5. The lowest BCUT2D eigenvalue weighted by Gasteiger charge is -2.13. The molecule has 118 valence electrons. The van der Waals surface area contributed by atoms with Gasteiger partial charge >= 0.3 is 0 Å². The molecule has 0 bridgehead atoms. The molecule has 4 heteroatoms. The fraction of sp³-hybridized carbons (Fsp3) is 0.211. The van der Waals surface area contributed by atoms with E-state index in [0.29, 0.717) is 23.4 Å². The van der Waals surface area contributed by atoms with Crippen LogP contribution in [0, 0.1) is 6.92 Å². The summed E-state index contributed by atoms with van der Waals surface area (Å²) in [6.07, 6.45) is 1.74. The summed E-state index contributed by atoms with van der Waals surface area (Å²) in [5.74, 6) is 0.738. The number of carbonyl (C=O) groups excluding carboxylic acids is 1. The zero-order valence-electron chi connectivity index (χ0n) is 13.5. The Hall–Kier alpha value is -2.59. The quantitative estimate of drug-likeness (QED) is 0.883. The van der Waals surface area contributed by atoms with Crippen LogP contribution in [0.3, 0.4) is 0 Å². The number of allylic oxidation sites excluding steroid dienone is 1. The van der Waals surface area contributed by atoms with Crippen LogP contribution in [-0.4, -0.2) is 29.9 Å². The molecule has 0 saturated heterocycles. The van der Waals surface area contributed by atoms with Gasteiger partial charge in [0.15, 0.2) is 5.76 Å². The molecule has 0 fully saturated rings. The van der Waals surface area contributed by atoms with Crippen molar-refractivity contribution in [2.45, 2.75) is 13.5 Å². The Kier molecular flexibility index (Phi) is 3.92. The third kappa shape index (κ3) is 2.98. The Balaban J connectivity index is 2.02. The average molecular weight is 309 g/mol. The molecule has 0 radical (unpaired) electrons. The number of ketones is 1. The Morgan fingerprint density at radius 3 is 2.70 bits per heavy atom. The van der Waals surface area contributed by atoms with Gasteiger partial charge in [0.05, 0.1) is 11.1 Å². The van der Waals surface area contributed by atoms with Gasteiger partial charge in [-0.25, -0.2) is 0 Å². The van der Waals surface area contributed by atoms with Gasteiger partial charge in [0.25, 0.3) is 0 Å². The summed E-state index contributed by atoms with van der Waals surface area (Å²) in [4.78, 5) is 14.5. The molecule has 2 aromatic carbocycles. The summed E-state index contributed by atoms with van der Waals surface area (Å²) in [6.45, 7) is 2.50. The van der Waals surface area contributed by atoms with E-state index in [4.69, 9.17) is 4.74 Å². The highest BCUT2D eigenvalue weighted by Crippen LogP contribution is 2.39. The van der Waals surface area contributed by atoms with Crippen LogP contribution in [0.2, 0.25) is 0 Å². The van der Waals surface area contributed by atoms with Gasteiger partial charge in [0.2, 0.25) is 5.78 Å². The van der Waals surface area contributed by atoms with Gasteiger partial charge in [-0.2, -0.15) is 0 Å². The maximum Gasteiger partial charge on any atom is 0.231 e. The molecule has 0 unspecified atom stereocenters. The molecule has 0 spiro atoms. The minimum Gasteiger partial charge on any atom is -0.507 e. The van der Waals surface area contributed by atoms with E-state index in [9.17, 15) is 9.90 Å². The van der Waals surface area contributed by atoms with Crippen LogP contribution < -0.4 is 4.74 Å². The lowest BCUT2D eigenvalue weighted by atomic mass is 10.0. The van der Waals surface area contributed by atoms with Gasteiger partial charge in [0, 0.05) is 6.54 Å². The van der Waals surface area contributed by atoms with Crippen molar-refractivity contribution in [2.24, 2.45) is 0 Å². The fourth-order valence-corrected chi connectivity index (χ4v) is 2.68. The first-order valence-electron chi connectivity index (χ1n) is 7.46. The summed E-state index contributed by atoms with van der Waals surface area (Å²) < 4.78 is 5.80. The number of aryl methyl sites for hydroxylation is 1. The number of hydrogen-bond donors (Lipinski definition) is 1. The number of benzene rings is 2. The number of fused-ring (bicyclic) bond motifs is 1. The summed E-state index contributed by atoms with van der Waals surface area (Å²) in [5.41, 5.74) is 3.17. The van der Waals surface area contributed by atoms with Gasteiger partial charge in [-0.15, -0.1) is 0 Å². The first-order chi connectivity index (χ1) is 11.0. The standard InChI is InChI=1S/C19H19NO3/c1-12-5-4-6-13(9-12)10-17-18(22)14-7-8-16(21)15(11-20(2)3)19(14)23-17/h4-10,21H,11H2,1-3H3/b17-10-. The second-order valence-corrected chi connectivity index (χ2v) is 6.03. The Morgan fingerprint density at radius 1 is 1.22 bits per heavy atom. The smallest absolute Gasteiger partial charge is 0.231 e. The first-order valence-corrected chi connectivity index (χ1v) is 7.46. The van der Waals surface area contributed by atoms with Crippen LogP contribution in [0.4, 0.5) is 0 Å². The number of rotatable bonds is 3. The molecule has 2 aromatic rings. The second-order valence-electron chi connectivity index (χ2n) is 6.03. The Morgan fingerprint density at radius 2 is 2.00 bits per heavy atom. The summed E-state index contributed by atoms with van der Waals surface area (Å²) in [6, 6.07) is 11.0. The minimum absolute atomic E-state index is 0.141. The highest BCUT2D eigenvalue weighted by Gasteiger charge is 2.31. The summed E-state index contributed by atoms with van der Waals surface area (Å²) in [5, 5.41) is 10.1. The molecule has 0 amide bonds. The Bertz CT molecular complexity index is 806. The van der Waals surface area contributed by atoms with E-state index in [0.717, 1.165) is 11.1 Å². The number of carbonyl (C=O) groups is 1. The highest BCUT2D eigenvalue weighted by molar-refractivity contribution is 6.15. The summed E-state index contributed by atoms with van der Waals surface area (Å²) in [7, 11) is 3.80. The van der Waals surface area contributed by atoms with Crippen LogP contribution in [0.25, 0.3) is 6.08 Å². The number of aromatic hydroxyl groups is 1. The average Bonchev–Trinajstić information content (AvgIpc) is 2.79. The molecule has 0 saturated carbocycles. The van der Waals surface area contributed by atoms with Gasteiger partial charge in [0.1, 0.15) is 11.5 Å². The van der Waals surface area contributed by atoms with Crippen LogP contribution in [0.1, 0.15) is 27.0 Å². The number of Topliss-reactive ketones (excluding diaryl/α,β-unsaturated/α-hetero) is 1. The van der Waals surface area contributed by atoms with Crippen LogP contribution >= 0.6 is 0 Å². The minimum atomic E-state index is -0.151. The van der Waals surface area contributed by atoms with Crippen LogP contribution in [0.5, 0.6) is 11.5 Å². The molecule has 1 N–H and O–H groups in total. The van der Waals surface area contributed by atoms with E-state index in [1.807, 2.05) is 50.2 Å². The van der Waals surface area contributed by atoms with E-state index in [1.54, 1.807) is 18.2 Å². The second kappa shape index (κ2) is 5.89. The molecule has 0 atom stereocenters. The van der Waals surface area contributed by atoms with E-state index >= 15 is 0 Å². The van der Waals surface area contributed by atoms with Crippen molar-refractivity contribution in [3.8, 4) is 11.5 Å². The fourth-order valence-electron chi connectivity index (χ4n) is 2.68. The van der Waals surface area contributed by atoms with E-state index in [-0.39, 0.29) is 17.3 Å².